The fourth-order valence-electron chi connectivity index (χ4n) is 6.53. The van der Waals surface area contributed by atoms with E-state index in [1.165, 1.54) is 116 Å². The summed E-state index contributed by atoms with van der Waals surface area (Å²) in [6, 6.07) is 0. The van der Waals surface area contributed by atoms with E-state index in [1.54, 1.807) is 0 Å². The van der Waals surface area contributed by atoms with Crippen LogP contribution in [0, 0.1) is 0 Å². The highest BCUT2D eigenvalue weighted by atomic mass is 16.6. The van der Waals surface area contributed by atoms with Crippen LogP contribution >= 0.6 is 0 Å². The molecule has 0 aliphatic carbocycles. The fourth-order valence-corrected chi connectivity index (χ4v) is 6.53. The van der Waals surface area contributed by atoms with Crippen LogP contribution in [0.4, 0.5) is 0 Å². The average Bonchev–Trinajstić information content (AvgIpc) is 3.18. The molecule has 0 fully saturated rings. The molecule has 1 unspecified atom stereocenters. The van der Waals surface area contributed by atoms with Crippen LogP contribution in [-0.2, 0) is 28.6 Å². The number of carbonyl (C=O) groups is 3. The van der Waals surface area contributed by atoms with Gasteiger partial charge in [0.15, 0.2) is 6.10 Å². The zero-order chi connectivity index (χ0) is 40.1. The highest BCUT2D eigenvalue weighted by Gasteiger charge is 2.19. The Balaban J connectivity index is 4.24. The Hall–Kier alpha value is -2.37. The van der Waals surface area contributed by atoms with Gasteiger partial charge < -0.3 is 14.2 Å². The van der Waals surface area contributed by atoms with E-state index in [0.717, 1.165) is 83.5 Å². The Bertz CT molecular complexity index is 938. The van der Waals surface area contributed by atoms with E-state index in [4.69, 9.17) is 14.2 Å². The smallest absolute Gasteiger partial charge is 0.306 e. The van der Waals surface area contributed by atoms with Crippen molar-refractivity contribution in [1.29, 1.82) is 0 Å². The lowest BCUT2D eigenvalue weighted by molar-refractivity contribution is -0.167. The normalized spacial score (nSPS) is 12.3. The Kier molecular flexibility index (Phi) is 42.4. The molecule has 0 spiro atoms. The molecule has 0 aliphatic heterocycles. The lowest BCUT2D eigenvalue weighted by Gasteiger charge is -2.18. The number of rotatable bonds is 42. The van der Waals surface area contributed by atoms with Crippen LogP contribution in [-0.4, -0.2) is 37.2 Å². The SMILES string of the molecule is CCC/C=C\CCCCCCCC(=O)OC(COC(=O)CCCCCCCCCC)COC(=O)CCCCCCCCCCC/C=C\C/C=C\CCCCC. The van der Waals surface area contributed by atoms with Gasteiger partial charge in [-0.15, -0.1) is 0 Å². The summed E-state index contributed by atoms with van der Waals surface area (Å²) in [7, 11) is 0. The van der Waals surface area contributed by atoms with Crippen LogP contribution in [0.5, 0.6) is 0 Å². The summed E-state index contributed by atoms with van der Waals surface area (Å²) < 4.78 is 16.7. The predicted molar refractivity (Wildman–Crippen MR) is 233 cm³/mol. The number of ether oxygens (including phenoxy) is 3. The zero-order valence-electron chi connectivity index (χ0n) is 36.4. The van der Waals surface area contributed by atoms with Crippen molar-refractivity contribution < 1.29 is 28.6 Å². The Morgan fingerprint density at radius 2 is 0.691 bits per heavy atom. The van der Waals surface area contributed by atoms with Gasteiger partial charge in [0.1, 0.15) is 13.2 Å². The minimum Gasteiger partial charge on any atom is -0.462 e. The zero-order valence-corrected chi connectivity index (χ0v) is 36.4. The molecule has 0 aromatic heterocycles. The summed E-state index contributed by atoms with van der Waals surface area (Å²) in [5.41, 5.74) is 0. The van der Waals surface area contributed by atoms with E-state index in [-0.39, 0.29) is 31.1 Å². The van der Waals surface area contributed by atoms with Crippen LogP contribution in [0.2, 0.25) is 0 Å². The molecular weight excluding hydrogens is 685 g/mol. The molecule has 6 nitrogen and oxygen atoms in total. The first-order chi connectivity index (χ1) is 27.0. The van der Waals surface area contributed by atoms with Gasteiger partial charge in [0.25, 0.3) is 0 Å². The van der Waals surface area contributed by atoms with E-state index in [0.29, 0.717) is 19.3 Å². The summed E-state index contributed by atoms with van der Waals surface area (Å²) in [5.74, 6) is -0.893. The predicted octanol–water partition coefficient (Wildman–Crippen LogP) is 15.0. The van der Waals surface area contributed by atoms with Crippen molar-refractivity contribution >= 4 is 17.9 Å². The molecule has 0 aromatic rings. The number of hydrogen-bond acceptors (Lipinski definition) is 6. The molecular formula is C49H88O6. The standard InChI is InChI=1S/C49H88O6/c1-4-7-10-13-16-19-21-22-23-24-25-26-27-28-29-31-33-36-39-42-48(51)54-45-46(44-53-47(50)41-38-35-32-18-15-12-9-6-3)55-49(52)43-40-37-34-30-20-17-14-11-8-5-2/h11,14,16,19,22-23,46H,4-10,12-13,15,17-18,20-21,24-45H2,1-3H3/b14-11-,19-16-,23-22-. The van der Waals surface area contributed by atoms with Gasteiger partial charge in [0.2, 0.25) is 0 Å². The first-order valence-electron chi connectivity index (χ1n) is 23.5. The third-order valence-corrected chi connectivity index (χ3v) is 10.1. The molecule has 320 valence electrons. The average molecular weight is 773 g/mol. The summed E-state index contributed by atoms with van der Waals surface area (Å²) in [6.07, 6.45) is 49.9. The van der Waals surface area contributed by atoms with Gasteiger partial charge in [0.05, 0.1) is 0 Å². The van der Waals surface area contributed by atoms with E-state index >= 15 is 0 Å². The van der Waals surface area contributed by atoms with Gasteiger partial charge in [0, 0.05) is 19.3 Å². The van der Waals surface area contributed by atoms with Gasteiger partial charge >= 0.3 is 17.9 Å². The first kappa shape index (κ1) is 52.6. The molecule has 0 rings (SSSR count). The van der Waals surface area contributed by atoms with Crippen molar-refractivity contribution in [2.45, 2.75) is 245 Å². The third-order valence-electron chi connectivity index (χ3n) is 10.1. The van der Waals surface area contributed by atoms with Crippen molar-refractivity contribution in [2.24, 2.45) is 0 Å². The Labute approximate surface area is 340 Å². The molecule has 0 bridgehead atoms. The van der Waals surface area contributed by atoms with Crippen molar-refractivity contribution in [3.05, 3.63) is 36.5 Å². The Morgan fingerprint density at radius 3 is 1.13 bits per heavy atom. The fraction of sp³-hybridized carbons (Fsp3) is 0.816. The van der Waals surface area contributed by atoms with Crippen LogP contribution < -0.4 is 0 Å². The molecule has 1 atom stereocenters. The molecule has 55 heavy (non-hydrogen) atoms. The first-order valence-corrected chi connectivity index (χ1v) is 23.5. The van der Waals surface area contributed by atoms with Crippen molar-refractivity contribution in [3.8, 4) is 0 Å². The van der Waals surface area contributed by atoms with Gasteiger partial charge in [-0.1, -0.05) is 186 Å². The van der Waals surface area contributed by atoms with Crippen LogP contribution in [0.25, 0.3) is 0 Å². The third kappa shape index (κ3) is 42.6. The molecule has 0 radical (unpaired) electrons. The quantitative estimate of drug-likeness (QED) is 0.0266. The monoisotopic (exact) mass is 773 g/mol. The lowest BCUT2D eigenvalue weighted by atomic mass is 10.1. The molecule has 0 saturated carbocycles. The minimum absolute atomic E-state index is 0.0754. The van der Waals surface area contributed by atoms with Crippen molar-refractivity contribution in [1.82, 2.24) is 0 Å². The van der Waals surface area contributed by atoms with Gasteiger partial charge in [-0.2, -0.15) is 0 Å². The minimum atomic E-state index is -0.771. The van der Waals surface area contributed by atoms with E-state index in [9.17, 15) is 14.4 Å². The second-order valence-corrected chi connectivity index (χ2v) is 15.7. The van der Waals surface area contributed by atoms with Gasteiger partial charge in [-0.05, 0) is 70.6 Å². The van der Waals surface area contributed by atoms with Gasteiger partial charge in [-0.3, -0.25) is 14.4 Å². The summed E-state index contributed by atoms with van der Waals surface area (Å²) in [5, 5.41) is 0. The maximum Gasteiger partial charge on any atom is 0.306 e. The molecule has 0 amide bonds. The molecule has 0 heterocycles. The second kappa shape index (κ2) is 44.3. The number of carbonyl (C=O) groups excluding carboxylic acids is 3. The van der Waals surface area contributed by atoms with E-state index in [2.05, 4.69) is 57.2 Å². The molecule has 0 saturated heterocycles. The van der Waals surface area contributed by atoms with Crippen molar-refractivity contribution in [3.63, 3.8) is 0 Å². The highest BCUT2D eigenvalue weighted by Crippen LogP contribution is 2.14. The molecule has 6 heteroatoms. The van der Waals surface area contributed by atoms with Crippen LogP contribution in [0.15, 0.2) is 36.5 Å². The van der Waals surface area contributed by atoms with E-state index < -0.39 is 6.10 Å². The van der Waals surface area contributed by atoms with Gasteiger partial charge in [-0.25, -0.2) is 0 Å². The topological polar surface area (TPSA) is 78.9 Å². The summed E-state index contributed by atoms with van der Waals surface area (Å²) >= 11 is 0. The maximum absolute atomic E-state index is 12.7. The van der Waals surface area contributed by atoms with Crippen molar-refractivity contribution in [2.75, 3.05) is 13.2 Å². The van der Waals surface area contributed by atoms with Crippen LogP contribution in [0.3, 0.4) is 0 Å². The number of allylic oxidation sites excluding steroid dienone is 6. The number of esters is 3. The second-order valence-electron chi connectivity index (χ2n) is 15.7. The largest absolute Gasteiger partial charge is 0.462 e. The molecule has 0 N–H and O–H groups in total. The number of hydrogen-bond donors (Lipinski definition) is 0. The number of unbranched alkanes of at least 4 members (excludes halogenated alkanes) is 25. The highest BCUT2D eigenvalue weighted by molar-refractivity contribution is 5.71. The molecule has 0 aliphatic rings. The van der Waals surface area contributed by atoms with Crippen LogP contribution in [0.1, 0.15) is 239 Å². The maximum atomic E-state index is 12.7. The summed E-state index contributed by atoms with van der Waals surface area (Å²) in [4.78, 5) is 37.6. The molecule has 0 aromatic carbocycles. The Morgan fingerprint density at radius 1 is 0.364 bits per heavy atom. The lowest BCUT2D eigenvalue weighted by Crippen LogP contribution is -2.30. The summed E-state index contributed by atoms with van der Waals surface area (Å²) in [6.45, 7) is 6.51. The van der Waals surface area contributed by atoms with E-state index in [1.807, 2.05) is 0 Å².